The first-order chi connectivity index (χ1) is 19.0. The monoisotopic (exact) mass is 564 g/mol. The molecule has 6 nitrogen and oxygen atoms in total. The van der Waals surface area contributed by atoms with E-state index in [4.69, 9.17) is 23.4 Å². The molecule has 0 aliphatic carbocycles. The highest BCUT2D eigenvalue weighted by Crippen LogP contribution is 2.48. The van der Waals surface area contributed by atoms with Gasteiger partial charge in [-0.3, -0.25) is 4.79 Å². The average Bonchev–Trinajstić information content (AvgIpc) is 3.23. The number of rotatable bonds is 7. The minimum atomic E-state index is -2.67. The second kappa shape index (κ2) is 11.2. The maximum Gasteiger partial charge on any atom is 0.302 e. The van der Waals surface area contributed by atoms with Crippen LogP contribution < -0.4 is 10.4 Å². The first-order valence-electron chi connectivity index (χ1n) is 14.6. The molecule has 0 aromatic heterocycles. The number of carbonyl (C=O) groups excluding carboxylic acids is 1. The Morgan fingerprint density at radius 3 is 2.23 bits per heavy atom. The van der Waals surface area contributed by atoms with Crippen LogP contribution >= 0.6 is 0 Å². The Morgan fingerprint density at radius 1 is 0.975 bits per heavy atom. The first-order valence-corrected chi connectivity index (χ1v) is 16.5. The Labute approximate surface area is 240 Å². The van der Waals surface area contributed by atoms with Crippen molar-refractivity contribution in [2.75, 3.05) is 13.2 Å². The summed E-state index contributed by atoms with van der Waals surface area (Å²) in [5, 5.41) is 2.43. The maximum atomic E-state index is 11.4. The van der Waals surface area contributed by atoms with E-state index in [-0.39, 0.29) is 23.7 Å². The highest BCUT2D eigenvalue weighted by Gasteiger charge is 2.55. The normalized spacial score (nSPS) is 30.6. The highest BCUT2D eigenvalue weighted by atomic mass is 28.4. The van der Waals surface area contributed by atoms with Crippen LogP contribution in [0.25, 0.3) is 0 Å². The minimum Gasteiger partial charge on any atom is -0.463 e. The van der Waals surface area contributed by atoms with Crippen molar-refractivity contribution >= 4 is 24.7 Å². The molecule has 2 aromatic carbocycles. The summed E-state index contributed by atoms with van der Waals surface area (Å²) in [6.07, 6.45) is 8.87. The number of benzene rings is 2. The van der Waals surface area contributed by atoms with Gasteiger partial charge in [0, 0.05) is 26.2 Å². The van der Waals surface area contributed by atoms with E-state index in [0.717, 1.165) is 32.1 Å². The third-order valence-electron chi connectivity index (χ3n) is 8.53. The molecular formula is C33H44O6Si. The quantitative estimate of drug-likeness (QED) is 0.247. The summed E-state index contributed by atoms with van der Waals surface area (Å²) >= 11 is 0. The third-order valence-corrected chi connectivity index (χ3v) is 13.5. The predicted octanol–water partition coefficient (Wildman–Crippen LogP) is 5.63. The van der Waals surface area contributed by atoms with E-state index in [9.17, 15) is 4.79 Å². The summed E-state index contributed by atoms with van der Waals surface area (Å²) in [7, 11) is -2.67. The second-order valence-electron chi connectivity index (χ2n) is 12.9. The van der Waals surface area contributed by atoms with Crippen LogP contribution in [0.2, 0.25) is 5.04 Å². The van der Waals surface area contributed by atoms with Gasteiger partial charge in [-0.2, -0.15) is 0 Å². The fraction of sp³-hybridized carbons (Fsp3) is 0.545. The van der Waals surface area contributed by atoms with E-state index in [1.165, 1.54) is 17.3 Å². The average molecular weight is 565 g/mol. The zero-order chi connectivity index (χ0) is 28.5. The van der Waals surface area contributed by atoms with Crippen molar-refractivity contribution in [1.29, 1.82) is 0 Å². The van der Waals surface area contributed by atoms with Gasteiger partial charge in [0.25, 0.3) is 8.32 Å². The Bertz CT molecular complexity index is 1150. The smallest absolute Gasteiger partial charge is 0.302 e. The molecule has 2 aromatic rings. The highest BCUT2D eigenvalue weighted by molar-refractivity contribution is 6.99. The van der Waals surface area contributed by atoms with Gasteiger partial charge in [0.15, 0.2) is 11.6 Å². The lowest BCUT2D eigenvalue weighted by Crippen LogP contribution is -2.67. The molecule has 3 aliphatic heterocycles. The van der Waals surface area contributed by atoms with Gasteiger partial charge in [0.2, 0.25) is 0 Å². The Kier molecular flexibility index (Phi) is 8.16. The number of hydrogen-bond acceptors (Lipinski definition) is 6. The summed E-state index contributed by atoms with van der Waals surface area (Å²) in [4.78, 5) is 11.4. The molecule has 216 valence electrons. The van der Waals surface area contributed by atoms with Gasteiger partial charge in [-0.05, 0) is 47.7 Å². The Hall–Kier alpha value is -2.29. The lowest BCUT2D eigenvalue weighted by molar-refractivity contribution is -0.369. The van der Waals surface area contributed by atoms with Crippen molar-refractivity contribution in [3.63, 3.8) is 0 Å². The van der Waals surface area contributed by atoms with Crippen LogP contribution in [0.4, 0.5) is 0 Å². The van der Waals surface area contributed by atoms with Gasteiger partial charge in [-0.15, -0.1) is 0 Å². The van der Waals surface area contributed by atoms with Crippen LogP contribution in [0.5, 0.6) is 0 Å². The van der Waals surface area contributed by atoms with E-state index in [1.54, 1.807) is 0 Å². The van der Waals surface area contributed by atoms with E-state index in [2.05, 4.69) is 93.6 Å². The van der Waals surface area contributed by atoms with E-state index in [1.807, 2.05) is 6.92 Å². The number of esters is 1. The van der Waals surface area contributed by atoms with Crippen molar-refractivity contribution in [2.45, 2.75) is 101 Å². The third kappa shape index (κ3) is 5.86. The van der Waals surface area contributed by atoms with E-state index < -0.39 is 25.5 Å². The summed E-state index contributed by atoms with van der Waals surface area (Å²) < 4.78 is 32.5. The number of carbonyl (C=O) groups is 1. The molecule has 0 N–H and O–H groups in total. The van der Waals surface area contributed by atoms with Crippen LogP contribution in [0.3, 0.4) is 0 Å². The molecule has 0 saturated carbocycles. The summed E-state index contributed by atoms with van der Waals surface area (Å²) in [5.74, 6) is -1.92. The number of ether oxygens (including phenoxy) is 4. The molecule has 0 unspecified atom stereocenters. The van der Waals surface area contributed by atoms with Crippen LogP contribution in [0, 0.1) is 0 Å². The fourth-order valence-corrected chi connectivity index (χ4v) is 11.2. The molecule has 2 saturated heterocycles. The van der Waals surface area contributed by atoms with Crippen molar-refractivity contribution in [3.05, 3.63) is 72.8 Å². The Balaban J connectivity index is 1.35. The molecule has 40 heavy (non-hydrogen) atoms. The van der Waals surface area contributed by atoms with Crippen molar-refractivity contribution in [3.8, 4) is 0 Å². The minimum absolute atomic E-state index is 0.0998. The molecule has 3 heterocycles. The van der Waals surface area contributed by atoms with Gasteiger partial charge in [0.05, 0.1) is 12.7 Å². The summed E-state index contributed by atoms with van der Waals surface area (Å²) in [6.45, 7) is 11.0. The van der Waals surface area contributed by atoms with Crippen molar-refractivity contribution in [2.24, 2.45) is 0 Å². The van der Waals surface area contributed by atoms with Gasteiger partial charge < -0.3 is 23.4 Å². The zero-order valence-corrected chi connectivity index (χ0v) is 25.6. The molecule has 2 spiro atoms. The van der Waals surface area contributed by atoms with E-state index >= 15 is 0 Å². The lowest BCUT2D eigenvalue weighted by Gasteiger charge is -2.48. The molecular weight excluding hydrogens is 520 g/mol. The van der Waals surface area contributed by atoms with Crippen molar-refractivity contribution < 1.29 is 28.2 Å². The molecule has 0 amide bonds. The van der Waals surface area contributed by atoms with Crippen molar-refractivity contribution in [1.82, 2.24) is 0 Å². The van der Waals surface area contributed by atoms with Crippen LogP contribution in [0.15, 0.2) is 72.8 Å². The first kappa shape index (κ1) is 29.2. The summed E-state index contributed by atoms with van der Waals surface area (Å²) in [6, 6.07) is 21.4. The lowest BCUT2D eigenvalue weighted by atomic mass is 9.95. The van der Waals surface area contributed by atoms with Gasteiger partial charge in [-0.25, -0.2) is 0 Å². The van der Waals surface area contributed by atoms with E-state index in [0.29, 0.717) is 13.0 Å². The van der Waals surface area contributed by atoms with Gasteiger partial charge in [0.1, 0.15) is 12.2 Å². The molecule has 7 heteroatoms. The largest absolute Gasteiger partial charge is 0.463 e. The summed E-state index contributed by atoms with van der Waals surface area (Å²) in [5.41, 5.74) is -0.571. The number of hydrogen-bond donors (Lipinski definition) is 0. The van der Waals surface area contributed by atoms with Crippen LogP contribution in [0.1, 0.15) is 73.1 Å². The molecule has 5 rings (SSSR count). The Morgan fingerprint density at radius 2 is 1.62 bits per heavy atom. The topological polar surface area (TPSA) is 63.2 Å². The van der Waals surface area contributed by atoms with Gasteiger partial charge in [-0.1, -0.05) is 87.5 Å². The second-order valence-corrected chi connectivity index (χ2v) is 17.2. The molecule has 0 bridgehead atoms. The molecule has 2 fully saturated rings. The molecule has 4 atom stereocenters. The maximum absolute atomic E-state index is 11.4. The van der Waals surface area contributed by atoms with Gasteiger partial charge >= 0.3 is 5.97 Å². The molecule has 0 radical (unpaired) electrons. The predicted molar refractivity (Wildman–Crippen MR) is 158 cm³/mol. The van der Waals surface area contributed by atoms with Crippen LogP contribution in [-0.2, 0) is 28.2 Å². The molecule has 3 aliphatic rings. The fourth-order valence-electron chi connectivity index (χ4n) is 6.66. The van der Waals surface area contributed by atoms with Crippen LogP contribution in [-0.4, -0.2) is 50.8 Å². The zero-order valence-electron chi connectivity index (χ0n) is 24.6. The standard InChI is InChI=1S/C33H44O6Si/c1-26(34)35-25-31(5)22-23-33(38-31)21-13-20-32(39-33)19-12-14-27(37-32)24-36-40(30(2,3)4,28-15-8-6-9-16-28)29-17-10-7-11-18-29/h6-11,13,15-18,20,27H,12,14,19,21-25H2,1-5H3/t27-,31-,32-,33+/m0/s1. The SMILES string of the molecule is CC(=O)OC[C@]1(C)CC[C@]2(CC=C[C@]3(CCC[C@@H](CO[Si](c4ccccc4)(c4ccccc4)C(C)(C)C)O3)O2)O1.